The monoisotopic (exact) mass is 317 g/mol. The van der Waals surface area contributed by atoms with Crippen LogP contribution < -0.4 is 0 Å². The fourth-order valence-electron chi connectivity index (χ4n) is 3.13. The third kappa shape index (κ3) is 3.38. The molecule has 0 unspecified atom stereocenters. The number of hydrogen-bond acceptors (Lipinski definition) is 4. The fourth-order valence-corrected chi connectivity index (χ4v) is 3.13. The maximum atomic E-state index is 12.5. The zero-order valence-corrected chi connectivity index (χ0v) is 13.7. The molecule has 2 rings (SSSR count). The van der Waals surface area contributed by atoms with E-state index in [1.165, 1.54) is 12.0 Å². The van der Waals surface area contributed by atoms with Crippen LogP contribution in [0.3, 0.4) is 0 Å². The van der Waals surface area contributed by atoms with Crippen molar-refractivity contribution in [2.75, 3.05) is 13.7 Å². The van der Waals surface area contributed by atoms with Crippen LogP contribution in [0.25, 0.3) is 0 Å². The van der Waals surface area contributed by atoms with Crippen molar-refractivity contribution in [1.82, 2.24) is 4.90 Å². The Morgan fingerprint density at radius 3 is 2.70 bits per heavy atom. The predicted molar refractivity (Wildman–Crippen MR) is 86.7 cm³/mol. The first-order chi connectivity index (χ1) is 11.0. The van der Waals surface area contributed by atoms with Crippen LogP contribution in [-0.4, -0.2) is 36.2 Å². The molecule has 1 aromatic rings. The molecule has 0 aliphatic carbocycles. The number of methoxy groups -OCH3 is 1. The second-order valence-electron chi connectivity index (χ2n) is 5.84. The Kier molecular flexibility index (Phi) is 5.42. The minimum absolute atomic E-state index is 0.0169. The highest BCUT2D eigenvalue weighted by Crippen LogP contribution is 2.38. The minimum Gasteiger partial charge on any atom is -0.467 e. The van der Waals surface area contributed by atoms with Crippen LogP contribution in [0.15, 0.2) is 43.0 Å². The maximum Gasteiger partial charge on any atom is 0.411 e. The van der Waals surface area contributed by atoms with E-state index < -0.39 is 17.6 Å². The molecule has 1 amide bonds. The molecule has 1 saturated heterocycles. The lowest BCUT2D eigenvalue weighted by Gasteiger charge is -2.35. The number of nitrogens with zero attached hydrogens (tertiary/aromatic N) is 1. The van der Waals surface area contributed by atoms with Crippen LogP contribution in [0, 0.1) is 5.92 Å². The zero-order chi connectivity index (χ0) is 16.9. The minimum atomic E-state index is -1.02. The number of amides is 1. The summed E-state index contributed by atoms with van der Waals surface area (Å²) in [5.74, 6) is -0.435. The molecule has 5 nitrogen and oxygen atoms in total. The van der Waals surface area contributed by atoms with Crippen molar-refractivity contribution in [3.63, 3.8) is 0 Å². The topological polar surface area (TPSA) is 55.8 Å². The van der Waals surface area contributed by atoms with Crippen LogP contribution in [-0.2, 0) is 20.9 Å². The quantitative estimate of drug-likeness (QED) is 0.618. The van der Waals surface area contributed by atoms with Crippen molar-refractivity contribution in [2.45, 2.75) is 31.9 Å². The normalized spacial score (nSPS) is 23.4. The van der Waals surface area contributed by atoms with E-state index in [4.69, 9.17) is 9.47 Å². The van der Waals surface area contributed by atoms with Gasteiger partial charge in [0.25, 0.3) is 0 Å². The van der Waals surface area contributed by atoms with Crippen LogP contribution in [0.2, 0.25) is 0 Å². The Bertz CT molecular complexity index is 572. The summed E-state index contributed by atoms with van der Waals surface area (Å²) < 4.78 is 10.3. The summed E-state index contributed by atoms with van der Waals surface area (Å²) in [4.78, 5) is 26.3. The molecule has 0 spiro atoms. The molecule has 1 aliphatic rings. The van der Waals surface area contributed by atoms with Crippen molar-refractivity contribution in [1.29, 1.82) is 0 Å². The van der Waals surface area contributed by atoms with E-state index in [-0.39, 0.29) is 12.5 Å². The fraction of sp³-hybridized carbons (Fsp3) is 0.444. The van der Waals surface area contributed by atoms with Crippen molar-refractivity contribution in [3.8, 4) is 0 Å². The molecule has 23 heavy (non-hydrogen) atoms. The summed E-state index contributed by atoms with van der Waals surface area (Å²) in [5, 5.41) is 0. The van der Waals surface area contributed by atoms with Gasteiger partial charge in [-0.3, -0.25) is 4.90 Å². The first-order valence-electron chi connectivity index (χ1n) is 7.71. The molecule has 1 heterocycles. The first-order valence-corrected chi connectivity index (χ1v) is 7.71. The summed E-state index contributed by atoms with van der Waals surface area (Å²) in [6, 6.07) is 9.45. The van der Waals surface area contributed by atoms with Crippen molar-refractivity contribution < 1.29 is 19.1 Å². The number of esters is 1. The molecule has 0 N–H and O–H groups in total. The van der Waals surface area contributed by atoms with E-state index in [0.29, 0.717) is 13.0 Å². The number of rotatable bonds is 5. The van der Waals surface area contributed by atoms with Gasteiger partial charge in [-0.25, -0.2) is 9.59 Å². The molecule has 0 radical (unpaired) electrons. The van der Waals surface area contributed by atoms with Gasteiger partial charge in [-0.15, -0.1) is 6.58 Å². The number of ether oxygens (including phenoxy) is 2. The highest BCUT2D eigenvalue weighted by Gasteiger charge is 2.53. The summed E-state index contributed by atoms with van der Waals surface area (Å²) in [7, 11) is 1.34. The van der Waals surface area contributed by atoms with E-state index in [0.717, 1.165) is 12.0 Å². The highest BCUT2D eigenvalue weighted by molar-refractivity contribution is 5.86. The van der Waals surface area contributed by atoms with Crippen LogP contribution in [0.4, 0.5) is 4.79 Å². The van der Waals surface area contributed by atoms with Gasteiger partial charge in [0.05, 0.1) is 7.11 Å². The third-order valence-electron chi connectivity index (χ3n) is 4.53. The van der Waals surface area contributed by atoms with E-state index >= 15 is 0 Å². The lowest BCUT2D eigenvalue weighted by atomic mass is 9.84. The second-order valence-corrected chi connectivity index (χ2v) is 5.84. The first kappa shape index (κ1) is 17.1. The van der Waals surface area contributed by atoms with E-state index in [1.807, 2.05) is 30.3 Å². The van der Waals surface area contributed by atoms with Gasteiger partial charge in [-0.2, -0.15) is 0 Å². The van der Waals surface area contributed by atoms with Crippen LogP contribution in [0.5, 0.6) is 0 Å². The van der Waals surface area contributed by atoms with Gasteiger partial charge in [0.2, 0.25) is 0 Å². The Balaban J connectivity index is 2.11. The molecule has 0 aromatic heterocycles. The average Bonchev–Trinajstić information content (AvgIpc) is 2.91. The smallest absolute Gasteiger partial charge is 0.411 e. The molecule has 5 heteroatoms. The number of hydrogen-bond donors (Lipinski definition) is 0. The number of likely N-dealkylation sites (tertiary alicyclic amines) is 1. The Morgan fingerprint density at radius 1 is 1.39 bits per heavy atom. The largest absolute Gasteiger partial charge is 0.467 e. The number of carbonyl (C=O) groups excluding carboxylic acids is 2. The SMILES string of the molecule is C=CC[C@H]1CCN(C(=O)OCc2ccccc2)[C@@]1(C)C(=O)OC. The molecular formula is C18H23NO4. The molecule has 1 fully saturated rings. The van der Waals surface area contributed by atoms with E-state index in [9.17, 15) is 9.59 Å². The summed E-state index contributed by atoms with van der Waals surface area (Å²) >= 11 is 0. The van der Waals surface area contributed by atoms with Gasteiger partial charge in [0, 0.05) is 6.54 Å². The van der Waals surface area contributed by atoms with Crippen LogP contribution >= 0.6 is 0 Å². The molecule has 1 aliphatic heterocycles. The maximum absolute atomic E-state index is 12.5. The average molecular weight is 317 g/mol. The molecular weight excluding hydrogens is 294 g/mol. The van der Waals surface area contributed by atoms with Gasteiger partial charge < -0.3 is 9.47 Å². The van der Waals surface area contributed by atoms with Crippen molar-refractivity contribution in [2.24, 2.45) is 5.92 Å². The second kappa shape index (κ2) is 7.31. The Morgan fingerprint density at radius 2 is 2.09 bits per heavy atom. The third-order valence-corrected chi connectivity index (χ3v) is 4.53. The van der Waals surface area contributed by atoms with Crippen LogP contribution in [0.1, 0.15) is 25.3 Å². The highest BCUT2D eigenvalue weighted by atomic mass is 16.6. The Labute approximate surface area is 136 Å². The Hall–Kier alpha value is -2.30. The van der Waals surface area contributed by atoms with E-state index in [2.05, 4.69) is 6.58 Å². The number of benzene rings is 1. The molecule has 0 saturated carbocycles. The van der Waals surface area contributed by atoms with Gasteiger partial charge in [-0.05, 0) is 31.2 Å². The molecule has 1 aromatic carbocycles. The summed E-state index contributed by atoms with van der Waals surface area (Å²) in [6.07, 6.45) is 2.64. The zero-order valence-electron chi connectivity index (χ0n) is 13.7. The molecule has 124 valence electrons. The lowest BCUT2D eigenvalue weighted by molar-refractivity contribution is -0.153. The standard InChI is InChI=1S/C18H23NO4/c1-4-8-15-11-12-19(18(15,2)16(20)22-3)17(21)23-13-14-9-6-5-7-10-14/h4-7,9-10,15H,1,8,11-13H2,2-3H3/t15-,18+/m0/s1. The lowest BCUT2D eigenvalue weighted by Crippen LogP contribution is -2.54. The number of carbonyl (C=O) groups is 2. The predicted octanol–water partition coefficient (Wildman–Crippen LogP) is 3.15. The summed E-state index contributed by atoms with van der Waals surface area (Å²) in [5.41, 5.74) is -0.112. The van der Waals surface area contributed by atoms with Gasteiger partial charge in [0.15, 0.2) is 0 Å². The van der Waals surface area contributed by atoms with E-state index in [1.54, 1.807) is 13.0 Å². The molecule has 0 bridgehead atoms. The van der Waals surface area contributed by atoms with Gasteiger partial charge in [-0.1, -0.05) is 36.4 Å². The van der Waals surface area contributed by atoms with Gasteiger partial charge >= 0.3 is 12.1 Å². The summed E-state index contributed by atoms with van der Waals surface area (Å²) in [6.45, 7) is 6.12. The van der Waals surface area contributed by atoms with Crippen molar-refractivity contribution >= 4 is 12.1 Å². The number of allylic oxidation sites excluding steroid dienone is 1. The van der Waals surface area contributed by atoms with Crippen molar-refractivity contribution in [3.05, 3.63) is 48.6 Å². The van der Waals surface area contributed by atoms with Gasteiger partial charge in [0.1, 0.15) is 12.1 Å². The molecule has 2 atom stereocenters.